The molecule has 0 aliphatic carbocycles. The first-order valence-electron chi connectivity index (χ1n) is 6.95. The molecule has 0 fully saturated rings. The number of hydrogen-bond donors (Lipinski definition) is 2. The van der Waals surface area contributed by atoms with E-state index < -0.39 is 11.5 Å². The van der Waals surface area contributed by atoms with E-state index in [1.165, 1.54) is 0 Å². The quantitative estimate of drug-likeness (QED) is 0.393. The van der Waals surface area contributed by atoms with E-state index in [2.05, 4.69) is 15.3 Å². The Hall–Kier alpha value is -1.14. The molecule has 20 heavy (non-hydrogen) atoms. The summed E-state index contributed by atoms with van der Waals surface area (Å²) in [7, 11) is 0. The number of aromatic nitrogens is 2. The van der Waals surface area contributed by atoms with Crippen LogP contribution in [0.5, 0.6) is 0 Å². The Morgan fingerprint density at radius 2 is 2.30 bits per heavy atom. The Morgan fingerprint density at radius 1 is 1.50 bits per heavy atom. The van der Waals surface area contributed by atoms with Gasteiger partial charge in [-0.1, -0.05) is 13.3 Å². The molecule has 1 rings (SSSR count). The van der Waals surface area contributed by atoms with Crippen LogP contribution in [0, 0.1) is 0 Å². The summed E-state index contributed by atoms with van der Waals surface area (Å²) in [6.45, 7) is 4.54. The Balaban J connectivity index is 2.25. The van der Waals surface area contributed by atoms with Gasteiger partial charge < -0.3 is 10.4 Å². The van der Waals surface area contributed by atoms with Gasteiger partial charge in [0.2, 0.25) is 0 Å². The summed E-state index contributed by atoms with van der Waals surface area (Å²) < 4.78 is 0. The molecule has 0 spiro atoms. The Bertz CT molecular complexity index is 403. The predicted octanol–water partition coefficient (Wildman–Crippen LogP) is 2.58. The van der Waals surface area contributed by atoms with Crippen molar-refractivity contribution in [3.8, 4) is 0 Å². The summed E-state index contributed by atoms with van der Waals surface area (Å²) in [5.74, 6) is 0.176. The minimum Gasteiger partial charge on any atom is -0.480 e. The molecule has 5 nitrogen and oxygen atoms in total. The fraction of sp³-hybridized carbons (Fsp3) is 0.643. The van der Waals surface area contributed by atoms with Gasteiger partial charge in [-0.2, -0.15) is 0 Å². The molecule has 6 heteroatoms. The zero-order valence-corrected chi connectivity index (χ0v) is 12.9. The molecule has 0 amide bonds. The molecule has 0 saturated carbocycles. The zero-order chi connectivity index (χ0) is 14.8. The van der Waals surface area contributed by atoms with Crippen molar-refractivity contribution in [2.24, 2.45) is 0 Å². The lowest BCUT2D eigenvalue weighted by Gasteiger charge is -2.26. The van der Waals surface area contributed by atoms with E-state index in [0.717, 1.165) is 36.6 Å². The van der Waals surface area contributed by atoms with Gasteiger partial charge in [-0.3, -0.25) is 4.79 Å². The summed E-state index contributed by atoms with van der Waals surface area (Å²) >= 11 is 1.68. The second-order valence-electron chi connectivity index (χ2n) is 4.92. The van der Waals surface area contributed by atoms with E-state index in [1.54, 1.807) is 31.2 Å². The number of carboxylic acid groups (broad SMARTS) is 1. The maximum Gasteiger partial charge on any atom is 0.323 e. The molecule has 0 bridgehead atoms. The minimum absolute atomic E-state index is 0.646. The van der Waals surface area contributed by atoms with E-state index >= 15 is 0 Å². The molecule has 0 aliphatic rings. The molecule has 1 unspecified atom stereocenters. The third-order valence-electron chi connectivity index (χ3n) is 3.11. The van der Waals surface area contributed by atoms with Gasteiger partial charge in [-0.05, 0) is 44.6 Å². The van der Waals surface area contributed by atoms with E-state index in [4.69, 9.17) is 0 Å². The first-order chi connectivity index (χ1) is 9.58. The van der Waals surface area contributed by atoms with Crippen LogP contribution in [0.4, 0.5) is 0 Å². The van der Waals surface area contributed by atoms with E-state index in [0.29, 0.717) is 6.42 Å². The fourth-order valence-corrected chi connectivity index (χ4v) is 2.63. The van der Waals surface area contributed by atoms with Crippen LogP contribution in [-0.4, -0.2) is 38.9 Å². The molecular weight excluding hydrogens is 274 g/mol. The highest BCUT2D eigenvalue weighted by atomic mass is 32.2. The third-order valence-corrected chi connectivity index (χ3v) is 4.14. The van der Waals surface area contributed by atoms with Crippen molar-refractivity contribution in [2.75, 3.05) is 12.3 Å². The summed E-state index contributed by atoms with van der Waals surface area (Å²) in [6.07, 6.45) is 6.71. The highest BCUT2D eigenvalue weighted by molar-refractivity contribution is 7.99. The highest BCUT2D eigenvalue weighted by Crippen LogP contribution is 2.19. The molecule has 2 N–H and O–H groups in total. The molecule has 0 aliphatic heterocycles. The Morgan fingerprint density at radius 3 is 2.90 bits per heavy atom. The Labute approximate surface area is 124 Å². The van der Waals surface area contributed by atoms with Crippen LogP contribution in [0.15, 0.2) is 23.6 Å². The van der Waals surface area contributed by atoms with Gasteiger partial charge in [0.25, 0.3) is 0 Å². The number of carboxylic acids is 1. The second kappa shape index (κ2) is 8.92. The smallest absolute Gasteiger partial charge is 0.323 e. The van der Waals surface area contributed by atoms with Crippen molar-refractivity contribution in [3.63, 3.8) is 0 Å². The monoisotopic (exact) mass is 297 g/mol. The maximum atomic E-state index is 11.3. The number of aliphatic carboxylic acids is 1. The minimum atomic E-state index is -0.810. The Kier molecular flexibility index (Phi) is 7.54. The van der Waals surface area contributed by atoms with Crippen molar-refractivity contribution in [2.45, 2.75) is 50.1 Å². The fourth-order valence-electron chi connectivity index (χ4n) is 1.79. The lowest BCUT2D eigenvalue weighted by atomic mass is 9.95. The average Bonchev–Trinajstić information content (AvgIpc) is 2.45. The molecule has 1 heterocycles. The maximum absolute atomic E-state index is 11.3. The number of carbonyl (C=O) groups is 1. The number of rotatable bonds is 10. The summed E-state index contributed by atoms with van der Waals surface area (Å²) in [4.78, 5) is 19.3. The van der Waals surface area contributed by atoms with E-state index in [-0.39, 0.29) is 0 Å². The van der Waals surface area contributed by atoms with Gasteiger partial charge in [0.1, 0.15) is 11.9 Å². The summed E-state index contributed by atoms with van der Waals surface area (Å²) in [5, 5.41) is 13.4. The number of nitrogens with zero attached hydrogens (tertiary/aromatic N) is 2. The second-order valence-corrected chi connectivity index (χ2v) is 6.03. The number of unbranched alkanes of at least 4 members (excludes halogenated alkanes) is 1. The molecule has 0 saturated heterocycles. The van der Waals surface area contributed by atoms with Gasteiger partial charge in [-0.15, -0.1) is 11.8 Å². The van der Waals surface area contributed by atoms with Gasteiger partial charge in [0, 0.05) is 6.20 Å². The predicted molar refractivity (Wildman–Crippen MR) is 80.9 cm³/mol. The number of nitrogens with one attached hydrogen (secondary N) is 1. The SMILES string of the molecule is CCCNC(C)(CCCCSc1ccncn1)C(=O)O. The van der Waals surface area contributed by atoms with Crippen molar-refractivity contribution in [1.29, 1.82) is 0 Å². The van der Waals surface area contributed by atoms with Crippen LogP contribution < -0.4 is 5.32 Å². The highest BCUT2D eigenvalue weighted by Gasteiger charge is 2.31. The molecule has 1 atom stereocenters. The molecule has 1 aromatic heterocycles. The molecular formula is C14H23N3O2S. The molecule has 1 aromatic rings. The van der Waals surface area contributed by atoms with Gasteiger partial charge in [0.15, 0.2) is 0 Å². The largest absolute Gasteiger partial charge is 0.480 e. The first-order valence-corrected chi connectivity index (χ1v) is 7.94. The summed E-state index contributed by atoms with van der Waals surface area (Å²) in [5.41, 5.74) is -0.810. The topological polar surface area (TPSA) is 75.1 Å². The average molecular weight is 297 g/mol. The van der Waals surface area contributed by atoms with Crippen LogP contribution in [0.3, 0.4) is 0 Å². The third kappa shape index (κ3) is 5.88. The molecule has 0 radical (unpaired) electrons. The van der Waals surface area contributed by atoms with E-state index in [1.807, 2.05) is 13.0 Å². The van der Waals surface area contributed by atoms with Crippen LogP contribution >= 0.6 is 11.8 Å². The van der Waals surface area contributed by atoms with Crippen LogP contribution in [0.1, 0.15) is 39.5 Å². The normalized spacial score (nSPS) is 13.9. The van der Waals surface area contributed by atoms with Gasteiger partial charge in [0.05, 0.1) is 5.03 Å². The van der Waals surface area contributed by atoms with Crippen molar-refractivity contribution >= 4 is 17.7 Å². The van der Waals surface area contributed by atoms with Crippen molar-refractivity contribution in [3.05, 3.63) is 18.6 Å². The number of hydrogen-bond acceptors (Lipinski definition) is 5. The van der Waals surface area contributed by atoms with Crippen LogP contribution in [-0.2, 0) is 4.79 Å². The zero-order valence-electron chi connectivity index (χ0n) is 12.1. The molecule has 112 valence electrons. The van der Waals surface area contributed by atoms with Gasteiger partial charge in [-0.25, -0.2) is 9.97 Å². The van der Waals surface area contributed by atoms with Gasteiger partial charge >= 0.3 is 5.97 Å². The molecule has 0 aromatic carbocycles. The van der Waals surface area contributed by atoms with Crippen LogP contribution in [0.2, 0.25) is 0 Å². The first kappa shape index (κ1) is 16.9. The van der Waals surface area contributed by atoms with Crippen molar-refractivity contribution in [1.82, 2.24) is 15.3 Å². The number of thioether (sulfide) groups is 1. The summed E-state index contributed by atoms with van der Waals surface area (Å²) in [6, 6.07) is 1.88. The lowest BCUT2D eigenvalue weighted by molar-refractivity contribution is -0.144. The standard InChI is InChI=1S/C14H23N3O2S/c1-3-8-17-14(2,13(18)19)7-4-5-10-20-12-6-9-15-11-16-12/h6,9,11,17H,3-5,7-8,10H2,1-2H3,(H,18,19). The lowest BCUT2D eigenvalue weighted by Crippen LogP contribution is -2.49. The van der Waals surface area contributed by atoms with E-state index in [9.17, 15) is 9.90 Å². The van der Waals surface area contributed by atoms with Crippen LogP contribution in [0.25, 0.3) is 0 Å². The van der Waals surface area contributed by atoms with Crippen molar-refractivity contribution < 1.29 is 9.90 Å².